The van der Waals surface area contributed by atoms with Crippen LogP contribution in [0.3, 0.4) is 0 Å². The summed E-state index contributed by atoms with van der Waals surface area (Å²) in [5, 5.41) is 0. The normalized spacial score (nSPS) is 11.9. The minimum atomic E-state index is -0.316. The molecule has 0 saturated heterocycles. The summed E-state index contributed by atoms with van der Waals surface area (Å²) in [5.74, 6) is -0.316. The molecular weight excluding hydrogens is 214 g/mol. The number of nitrogens with two attached hydrogens (primary N) is 1. The lowest BCUT2D eigenvalue weighted by atomic mass is 10.0. The Morgan fingerprint density at radius 1 is 1.47 bits per heavy atom. The van der Waals surface area contributed by atoms with Crippen LogP contribution < -0.4 is 5.73 Å². The van der Waals surface area contributed by atoms with Crippen LogP contribution in [0.2, 0.25) is 0 Å². The van der Waals surface area contributed by atoms with Crippen molar-refractivity contribution in [2.24, 2.45) is 5.73 Å². The van der Waals surface area contributed by atoms with Crippen LogP contribution in [0.4, 0.5) is 0 Å². The molecule has 0 aliphatic carbocycles. The number of rotatable bonds is 6. The van der Waals surface area contributed by atoms with Crippen LogP contribution in [0.15, 0.2) is 36.9 Å². The van der Waals surface area contributed by atoms with Crippen molar-refractivity contribution < 1.29 is 9.53 Å². The first-order valence-electron chi connectivity index (χ1n) is 5.76. The van der Waals surface area contributed by atoms with Gasteiger partial charge in [0.25, 0.3) is 0 Å². The molecule has 0 amide bonds. The second-order valence-corrected chi connectivity index (χ2v) is 4.10. The smallest absolute Gasteiger partial charge is 0.338 e. The van der Waals surface area contributed by atoms with Gasteiger partial charge in [-0.25, -0.2) is 4.79 Å². The fraction of sp³-hybridized carbons (Fsp3) is 0.357. The van der Waals surface area contributed by atoms with E-state index >= 15 is 0 Å². The van der Waals surface area contributed by atoms with E-state index in [0.717, 1.165) is 12.8 Å². The maximum atomic E-state index is 11.5. The molecule has 0 aliphatic heterocycles. The third kappa shape index (κ3) is 4.83. The van der Waals surface area contributed by atoms with Gasteiger partial charge in [0.05, 0.1) is 5.56 Å². The minimum Gasteiger partial charge on any atom is -0.458 e. The second kappa shape index (κ2) is 6.86. The molecule has 1 aromatic carbocycles. The summed E-state index contributed by atoms with van der Waals surface area (Å²) in [6, 6.07) is 7.64. The van der Waals surface area contributed by atoms with Gasteiger partial charge in [0.15, 0.2) is 0 Å². The lowest BCUT2D eigenvalue weighted by Gasteiger charge is -2.06. The summed E-state index contributed by atoms with van der Waals surface area (Å²) in [6.07, 6.45) is 3.43. The van der Waals surface area contributed by atoms with Crippen LogP contribution >= 0.6 is 0 Å². The molecule has 3 nitrogen and oxygen atoms in total. The van der Waals surface area contributed by atoms with E-state index in [0.29, 0.717) is 5.56 Å². The number of benzene rings is 1. The Labute approximate surface area is 102 Å². The Morgan fingerprint density at radius 3 is 2.65 bits per heavy atom. The van der Waals surface area contributed by atoms with Gasteiger partial charge < -0.3 is 10.5 Å². The van der Waals surface area contributed by atoms with Gasteiger partial charge in [0, 0.05) is 6.04 Å². The summed E-state index contributed by atoms with van der Waals surface area (Å²) in [5.41, 5.74) is 7.44. The molecule has 1 aromatic rings. The molecule has 0 unspecified atom stereocenters. The molecule has 0 spiro atoms. The van der Waals surface area contributed by atoms with Crippen molar-refractivity contribution in [2.75, 3.05) is 6.61 Å². The SMILES string of the molecule is C=CCOC(=O)c1ccc(CC[C@@H](C)N)cc1. The largest absolute Gasteiger partial charge is 0.458 e. The average molecular weight is 233 g/mol. The Kier molecular flexibility index (Phi) is 5.43. The van der Waals surface area contributed by atoms with Gasteiger partial charge in [-0.1, -0.05) is 24.8 Å². The van der Waals surface area contributed by atoms with Crippen molar-refractivity contribution >= 4 is 5.97 Å². The summed E-state index contributed by atoms with van der Waals surface area (Å²) >= 11 is 0. The Morgan fingerprint density at radius 2 is 2.12 bits per heavy atom. The van der Waals surface area contributed by atoms with E-state index in [9.17, 15) is 4.79 Å². The van der Waals surface area contributed by atoms with Crippen LogP contribution in [0.5, 0.6) is 0 Å². The number of carbonyl (C=O) groups is 1. The van der Waals surface area contributed by atoms with Crippen molar-refractivity contribution in [3.05, 3.63) is 48.0 Å². The molecule has 0 saturated carbocycles. The fourth-order valence-corrected chi connectivity index (χ4v) is 1.42. The molecule has 0 bridgehead atoms. The molecule has 0 heterocycles. The van der Waals surface area contributed by atoms with Crippen molar-refractivity contribution in [2.45, 2.75) is 25.8 Å². The summed E-state index contributed by atoms with van der Waals surface area (Å²) in [4.78, 5) is 11.5. The van der Waals surface area contributed by atoms with Crippen LogP contribution in [0.1, 0.15) is 29.3 Å². The topological polar surface area (TPSA) is 52.3 Å². The third-order valence-electron chi connectivity index (χ3n) is 2.41. The zero-order valence-corrected chi connectivity index (χ0v) is 10.2. The highest BCUT2D eigenvalue weighted by Gasteiger charge is 2.05. The maximum Gasteiger partial charge on any atom is 0.338 e. The Hall–Kier alpha value is -1.61. The standard InChI is InChI=1S/C14H19NO2/c1-3-10-17-14(16)13-8-6-12(7-9-13)5-4-11(2)15/h3,6-9,11H,1,4-5,10,15H2,2H3/t11-/m1/s1. The monoisotopic (exact) mass is 233 g/mol. The molecule has 1 rings (SSSR count). The predicted octanol–water partition coefficient (Wildman–Crippen LogP) is 2.31. The zero-order valence-electron chi connectivity index (χ0n) is 10.2. The molecule has 3 heteroatoms. The molecule has 2 N–H and O–H groups in total. The molecule has 0 fully saturated rings. The van der Waals surface area contributed by atoms with Gasteiger partial charge in [0.2, 0.25) is 0 Å². The molecule has 0 aromatic heterocycles. The molecule has 1 atom stereocenters. The second-order valence-electron chi connectivity index (χ2n) is 4.10. The first kappa shape index (κ1) is 13.5. The van der Waals surface area contributed by atoms with Gasteiger partial charge in [-0.2, -0.15) is 0 Å². The number of hydrogen-bond donors (Lipinski definition) is 1. The van der Waals surface area contributed by atoms with Crippen LogP contribution in [-0.4, -0.2) is 18.6 Å². The van der Waals surface area contributed by atoms with E-state index in [1.807, 2.05) is 19.1 Å². The van der Waals surface area contributed by atoms with E-state index in [1.165, 1.54) is 5.56 Å². The molecular formula is C14H19NO2. The zero-order chi connectivity index (χ0) is 12.7. The predicted molar refractivity (Wildman–Crippen MR) is 68.9 cm³/mol. The molecule has 17 heavy (non-hydrogen) atoms. The van der Waals surface area contributed by atoms with Crippen LogP contribution in [-0.2, 0) is 11.2 Å². The fourth-order valence-electron chi connectivity index (χ4n) is 1.42. The van der Waals surface area contributed by atoms with Crippen molar-refractivity contribution in [3.63, 3.8) is 0 Å². The quantitative estimate of drug-likeness (QED) is 0.606. The van der Waals surface area contributed by atoms with E-state index in [2.05, 4.69) is 6.58 Å². The lowest BCUT2D eigenvalue weighted by molar-refractivity contribution is 0.0549. The number of carbonyl (C=O) groups excluding carboxylic acids is 1. The highest BCUT2D eigenvalue weighted by atomic mass is 16.5. The first-order valence-corrected chi connectivity index (χ1v) is 5.76. The first-order chi connectivity index (χ1) is 8.13. The summed E-state index contributed by atoms with van der Waals surface area (Å²) in [7, 11) is 0. The molecule has 92 valence electrons. The third-order valence-corrected chi connectivity index (χ3v) is 2.41. The molecule has 0 aliphatic rings. The van der Waals surface area contributed by atoms with E-state index in [1.54, 1.807) is 18.2 Å². The van der Waals surface area contributed by atoms with Crippen LogP contribution in [0.25, 0.3) is 0 Å². The summed E-state index contributed by atoms with van der Waals surface area (Å²) < 4.78 is 4.94. The maximum absolute atomic E-state index is 11.5. The van der Waals surface area contributed by atoms with Gasteiger partial charge in [-0.15, -0.1) is 0 Å². The van der Waals surface area contributed by atoms with Crippen molar-refractivity contribution in [1.82, 2.24) is 0 Å². The molecule has 0 radical (unpaired) electrons. The number of esters is 1. The Bertz CT molecular complexity index is 368. The number of ether oxygens (including phenoxy) is 1. The minimum absolute atomic E-state index is 0.201. The Balaban J connectivity index is 2.55. The lowest BCUT2D eigenvalue weighted by Crippen LogP contribution is -2.15. The van der Waals surface area contributed by atoms with Gasteiger partial charge in [0.1, 0.15) is 6.61 Å². The highest BCUT2D eigenvalue weighted by Crippen LogP contribution is 2.08. The van der Waals surface area contributed by atoms with Crippen molar-refractivity contribution in [1.29, 1.82) is 0 Å². The highest BCUT2D eigenvalue weighted by molar-refractivity contribution is 5.89. The van der Waals surface area contributed by atoms with Gasteiger partial charge in [-0.05, 0) is 37.5 Å². The van der Waals surface area contributed by atoms with Gasteiger partial charge in [-0.3, -0.25) is 0 Å². The van der Waals surface area contributed by atoms with E-state index < -0.39 is 0 Å². The van der Waals surface area contributed by atoms with Gasteiger partial charge >= 0.3 is 5.97 Å². The number of aryl methyl sites for hydroxylation is 1. The van der Waals surface area contributed by atoms with Crippen LogP contribution in [0, 0.1) is 0 Å². The van der Waals surface area contributed by atoms with E-state index in [-0.39, 0.29) is 18.6 Å². The summed E-state index contributed by atoms with van der Waals surface area (Å²) in [6.45, 7) is 5.72. The van der Waals surface area contributed by atoms with Crippen molar-refractivity contribution in [3.8, 4) is 0 Å². The number of hydrogen-bond acceptors (Lipinski definition) is 3. The average Bonchev–Trinajstić information content (AvgIpc) is 2.34. The van der Waals surface area contributed by atoms with E-state index in [4.69, 9.17) is 10.5 Å².